The van der Waals surface area contributed by atoms with Crippen molar-refractivity contribution in [2.45, 2.75) is 0 Å². The van der Waals surface area contributed by atoms with Gasteiger partial charge < -0.3 is 10.9 Å². The van der Waals surface area contributed by atoms with Crippen molar-refractivity contribution in [1.29, 1.82) is 0 Å². The number of hydrogen-bond acceptors (Lipinski definition) is 4. The molecule has 0 fully saturated rings. The molecule has 0 atom stereocenters. The molecule has 1 aromatic heterocycles. The van der Waals surface area contributed by atoms with Crippen LogP contribution in [0.4, 0.5) is 11.6 Å². The van der Waals surface area contributed by atoms with Gasteiger partial charge in [-0.05, 0) is 0 Å². The maximum Gasteiger partial charge on any atom is 0.294 e. The molecular formula is C4H6N4O. The van der Waals surface area contributed by atoms with Crippen molar-refractivity contribution in [2.24, 2.45) is 0 Å². The summed E-state index contributed by atoms with van der Waals surface area (Å²) >= 11 is 0. The third kappa shape index (κ3) is 0.987. The zero-order valence-corrected chi connectivity index (χ0v) is 4.61. The van der Waals surface area contributed by atoms with E-state index in [4.69, 9.17) is 11.5 Å². The number of nitrogens with zero attached hydrogens (tertiary/aromatic N) is 2. The van der Waals surface area contributed by atoms with E-state index in [0.717, 1.165) is 6.20 Å². The molecule has 48 valence electrons. The lowest BCUT2D eigenvalue weighted by Crippen LogP contribution is -2.30. The summed E-state index contributed by atoms with van der Waals surface area (Å²) in [4.78, 5) is 3.57. The summed E-state index contributed by atoms with van der Waals surface area (Å²) < 4.78 is 0.461. The second-order valence-electron chi connectivity index (χ2n) is 1.56. The van der Waals surface area contributed by atoms with Crippen molar-refractivity contribution in [3.63, 3.8) is 0 Å². The summed E-state index contributed by atoms with van der Waals surface area (Å²) in [6.07, 6.45) is 2.32. The number of rotatable bonds is 0. The Kier molecular flexibility index (Phi) is 1.11. The van der Waals surface area contributed by atoms with Crippen LogP contribution < -0.4 is 16.2 Å². The highest BCUT2D eigenvalue weighted by Crippen LogP contribution is 1.91. The van der Waals surface area contributed by atoms with E-state index in [0.29, 0.717) is 4.73 Å². The summed E-state index contributed by atoms with van der Waals surface area (Å²) in [5.41, 5.74) is 10.3. The van der Waals surface area contributed by atoms with E-state index in [-0.39, 0.29) is 11.6 Å². The van der Waals surface area contributed by atoms with E-state index < -0.39 is 0 Å². The van der Waals surface area contributed by atoms with Gasteiger partial charge in [-0.2, -0.15) is 0 Å². The number of anilines is 2. The van der Waals surface area contributed by atoms with Crippen LogP contribution in [0.3, 0.4) is 0 Å². The van der Waals surface area contributed by atoms with Gasteiger partial charge in [0, 0.05) is 0 Å². The van der Waals surface area contributed by atoms with Crippen LogP contribution in [0, 0.1) is 5.21 Å². The minimum atomic E-state index is 0.0456. The van der Waals surface area contributed by atoms with Gasteiger partial charge in [-0.3, -0.25) is 5.73 Å². The van der Waals surface area contributed by atoms with Crippen molar-refractivity contribution >= 4 is 11.6 Å². The van der Waals surface area contributed by atoms with Gasteiger partial charge in [0.05, 0.1) is 0 Å². The molecule has 1 rings (SSSR count). The van der Waals surface area contributed by atoms with Gasteiger partial charge in [0.25, 0.3) is 5.82 Å². The summed E-state index contributed by atoms with van der Waals surface area (Å²) in [7, 11) is 0. The highest BCUT2D eigenvalue weighted by atomic mass is 16.5. The molecule has 9 heavy (non-hydrogen) atoms. The quantitative estimate of drug-likeness (QED) is 0.340. The lowest BCUT2D eigenvalue weighted by Gasteiger charge is -2.02. The fourth-order valence-corrected chi connectivity index (χ4v) is 0.426. The molecule has 0 aliphatic rings. The number of hydrogen-bond donors (Lipinski definition) is 2. The molecule has 0 aliphatic carbocycles. The Labute approximate surface area is 51.5 Å². The average Bonchev–Trinajstić information content (AvgIpc) is 1.80. The normalized spacial score (nSPS) is 9.33. The first-order valence-electron chi connectivity index (χ1n) is 2.30. The zero-order valence-electron chi connectivity index (χ0n) is 4.61. The van der Waals surface area contributed by atoms with E-state index in [9.17, 15) is 5.21 Å². The van der Waals surface area contributed by atoms with Crippen molar-refractivity contribution in [3.05, 3.63) is 17.6 Å². The molecule has 0 aliphatic heterocycles. The molecule has 0 radical (unpaired) electrons. The minimum absolute atomic E-state index is 0.0456. The predicted molar refractivity (Wildman–Crippen MR) is 32.0 cm³/mol. The molecule has 4 N–H and O–H groups in total. The van der Waals surface area contributed by atoms with E-state index >= 15 is 0 Å². The molecule has 0 amide bonds. The number of nitrogens with two attached hydrogens (primary N) is 2. The van der Waals surface area contributed by atoms with E-state index in [1.165, 1.54) is 6.20 Å². The first-order valence-corrected chi connectivity index (χ1v) is 2.30. The predicted octanol–water partition coefficient (Wildman–Crippen LogP) is -1.12. The van der Waals surface area contributed by atoms with Gasteiger partial charge in [0.1, 0.15) is 12.4 Å². The zero-order chi connectivity index (χ0) is 6.85. The maximum absolute atomic E-state index is 10.5. The fourth-order valence-electron chi connectivity index (χ4n) is 0.426. The molecule has 5 nitrogen and oxygen atoms in total. The van der Waals surface area contributed by atoms with E-state index in [1.54, 1.807) is 0 Å². The highest BCUT2D eigenvalue weighted by molar-refractivity contribution is 5.25. The molecule has 1 aromatic rings. The molecule has 0 saturated heterocycles. The largest absolute Gasteiger partial charge is 0.710 e. The van der Waals surface area contributed by atoms with Crippen LogP contribution in [0.1, 0.15) is 0 Å². The van der Waals surface area contributed by atoms with Crippen molar-refractivity contribution in [3.8, 4) is 0 Å². The standard InChI is InChI=1S/C4H6N4O/c5-3-2-8(9)4(6)1-7-3/h1-2H,6H2,(H2,5,7). The van der Waals surface area contributed by atoms with Crippen molar-refractivity contribution in [2.75, 3.05) is 11.5 Å². The Hall–Kier alpha value is -1.52. The Morgan fingerprint density at radius 1 is 1.56 bits per heavy atom. The lowest BCUT2D eigenvalue weighted by atomic mass is 10.6. The molecule has 0 aromatic carbocycles. The molecule has 0 unspecified atom stereocenters. The van der Waals surface area contributed by atoms with E-state index in [1.807, 2.05) is 0 Å². The van der Waals surface area contributed by atoms with Crippen LogP contribution in [-0.2, 0) is 0 Å². The van der Waals surface area contributed by atoms with Crippen LogP contribution in [-0.4, -0.2) is 4.98 Å². The van der Waals surface area contributed by atoms with E-state index in [2.05, 4.69) is 4.98 Å². The molecule has 0 saturated carbocycles. The SMILES string of the molecule is Nc1c[n+]([O-])c(N)cn1. The Morgan fingerprint density at radius 2 is 2.22 bits per heavy atom. The molecule has 0 spiro atoms. The van der Waals surface area contributed by atoms with Crippen molar-refractivity contribution < 1.29 is 4.73 Å². The van der Waals surface area contributed by atoms with Gasteiger partial charge in [-0.25, -0.2) is 9.71 Å². The maximum atomic E-state index is 10.5. The summed E-state index contributed by atoms with van der Waals surface area (Å²) in [6, 6.07) is 0. The molecular weight excluding hydrogens is 120 g/mol. The Morgan fingerprint density at radius 3 is 2.67 bits per heavy atom. The fraction of sp³-hybridized carbons (Fsp3) is 0. The number of nitrogen functional groups attached to an aromatic ring is 2. The van der Waals surface area contributed by atoms with Crippen LogP contribution in [0.2, 0.25) is 0 Å². The molecule has 1 heterocycles. The average molecular weight is 126 g/mol. The Balaban J connectivity index is 3.17. The topological polar surface area (TPSA) is 91.9 Å². The highest BCUT2D eigenvalue weighted by Gasteiger charge is 1.94. The van der Waals surface area contributed by atoms with Crippen LogP contribution in [0.15, 0.2) is 12.4 Å². The second-order valence-corrected chi connectivity index (χ2v) is 1.56. The third-order valence-corrected chi connectivity index (χ3v) is 0.850. The smallest absolute Gasteiger partial charge is 0.294 e. The monoisotopic (exact) mass is 126 g/mol. The van der Waals surface area contributed by atoms with Gasteiger partial charge in [0.15, 0.2) is 5.82 Å². The van der Waals surface area contributed by atoms with Crippen LogP contribution in [0.25, 0.3) is 0 Å². The molecule has 0 bridgehead atoms. The lowest BCUT2D eigenvalue weighted by molar-refractivity contribution is -0.589. The summed E-state index contributed by atoms with van der Waals surface area (Å²) in [5.74, 6) is 0.211. The van der Waals surface area contributed by atoms with Gasteiger partial charge >= 0.3 is 0 Å². The summed E-state index contributed by atoms with van der Waals surface area (Å²) in [5, 5.41) is 10.5. The van der Waals surface area contributed by atoms with Crippen LogP contribution in [0.5, 0.6) is 0 Å². The van der Waals surface area contributed by atoms with Gasteiger partial charge in [-0.15, -0.1) is 0 Å². The Bertz CT molecular complexity index is 224. The number of aromatic nitrogens is 2. The second kappa shape index (κ2) is 1.77. The third-order valence-electron chi connectivity index (χ3n) is 0.850. The van der Waals surface area contributed by atoms with Gasteiger partial charge in [-0.1, -0.05) is 0 Å². The first-order chi connectivity index (χ1) is 4.20. The first kappa shape index (κ1) is 5.61. The molecule has 5 heteroatoms. The minimum Gasteiger partial charge on any atom is -0.710 e. The summed E-state index contributed by atoms with van der Waals surface area (Å²) in [6.45, 7) is 0. The van der Waals surface area contributed by atoms with Crippen molar-refractivity contribution in [1.82, 2.24) is 4.98 Å². The van der Waals surface area contributed by atoms with Crippen LogP contribution >= 0.6 is 0 Å². The van der Waals surface area contributed by atoms with Gasteiger partial charge in [0.2, 0.25) is 0 Å².